The number of para-hydroxylation sites is 1. The van der Waals surface area contributed by atoms with Gasteiger partial charge in [0.15, 0.2) is 0 Å². The third-order valence-corrected chi connectivity index (χ3v) is 3.40. The topological polar surface area (TPSA) is 30.2 Å². The summed E-state index contributed by atoms with van der Waals surface area (Å²) in [5.74, 6) is 0.925. The van der Waals surface area contributed by atoms with Crippen LogP contribution in [0.5, 0.6) is 0 Å². The van der Waals surface area contributed by atoms with E-state index in [0.29, 0.717) is 11.8 Å². The van der Waals surface area contributed by atoms with Gasteiger partial charge in [0.1, 0.15) is 5.69 Å². The van der Waals surface area contributed by atoms with E-state index in [0.717, 1.165) is 11.4 Å². The van der Waals surface area contributed by atoms with Gasteiger partial charge in [0.2, 0.25) is 0 Å². The van der Waals surface area contributed by atoms with E-state index < -0.39 is 0 Å². The Labute approximate surface area is 121 Å². The van der Waals surface area contributed by atoms with Crippen molar-refractivity contribution < 1.29 is 0 Å². The van der Waals surface area contributed by atoms with Crippen molar-refractivity contribution in [3.63, 3.8) is 0 Å². The largest absolute Gasteiger partial charge is 0.275 e. The van der Waals surface area contributed by atoms with Crippen molar-refractivity contribution >= 4 is 11.9 Å². The Kier molecular flexibility index (Phi) is 4.38. The zero-order valence-electron chi connectivity index (χ0n) is 13.0. The summed E-state index contributed by atoms with van der Waals surface area (Å²) in [5, 5.41) is 4.34. The quantitative estimate of drug-likeness (QED) is 0.756. The van der Waals surface area contributed by atoms with Gasteiger partial charge in [-0.15, -0.1) is 0 Å². The first-order valence-corrected chi connectivity index (χ1v) is 7.15. The van der Waals surface area contributed by atoms with Gasteiger partial charge in [0.25, 0.3) is 0 Å². The van der Waals surface area contributed by atoms with Crippen molar-refractivity contribution in [1.82, 2.24) is 9.78 Å². The molecule has 1 aromatic carbocycles. The van der Waals surface area contributed by atoms with Crippen LogP contribution in [0.1, 0.15) is 56.4 Å². The van der Waals surface area contributed by atoms with Crippen LogP contribution >= 0.6 is 0 Å². The van der Waals surface area contributed by atoms with Crippen LogP contribution in [0.15, 0.2) is 35.5 Å². The molecule has 0 aliphatic carbocycles. The van der Waals surface area contributed by atoms with Gasteiger partial charge in [-0.3, -0.25) is 9.67 Å². The van der Waals surface area contributed by atoms with Crippen molar-refractivity contribution in [3.8, 4) is 0 Å². The van der Waals surface area contributed by atoms with Gasteiger partial charge >= 0.3 is 0 Å². The van der Waals surface area contributed by atoms with E-state index in [1.54, 1.807) is 4.68 Å². The van der Waals surface area contributed by atoms with Crippen LogP contribution in [0.2, 0.25) is 0 Å². The van der Waals surface area contributed by atoms with Crippen LogP contribution in [0.3, 0.4) is 0 Å². The minimum Gasteiger partial charge on any atom is -0.275 e. The molecule has 0 N–H and O–H groups in total. The zero-order chi connectivity index (χ0) is 14.7. The van der Waals surface area contributed by atoms with E-state index in [-0.39, 0.29) is 0 Å². The Hall–Kier alpha value is -1.90. The van der Waals surface area contributed by atoms with E-state index in [9.17, 15) is 0 Å². The van der Waals surface area contributed by atoms with Crippen LogP contribution < -0.4 is 0 Å². The van der Waals surface area contributed by atoms with Gasteiger partial charge in [-0.05, 0) is 29.0 Å². The van der Waals surface area contributed by atoms with Crippen molar-refractivity contribution in [1.29, 1.82) is 0 Å². The molecule has 0 unspecified atom stereocenters. The average molecular weight is 269 g/mol. The summed E-state index contributed by atoms with van der Waals surface area (Å²) in [4.78, 5) is 4.73. The summed E-state index contributed by atoms with van der Waals surface area (Å²) in [6.45, 7) is 8.83. The molecule has 0 radical (unpaired) electrons. The first kappa shape index (κ1) is 14.5. The summed E-state index contributed by atoms with van der Waals surface area (Å²) < 4.78 is 1.79. The van der Waals surface area contributed by atoms with Crippen molar-refractivity contribution in [2.75, 3.05) is 0 Å². The highest BCUT2D eigenvalue weighted by Gasteiger charge is 2.12. The molecule has 106 valence electrons. The van der Waals surface area contributed by atoms with Crippen LogP contribution in [-0.2, 0) is 7.05 Å². The highest BCUT2D eigenvalue weighted by molar-refractivity contribution is 5.80. The predicted octanol–water partition coefficient (Wildman–Crippen LogP) is 4.42. The summed E-state index contributed by atoms with van der Waals surface area (Å²) in [7, 11) is 1.92. The van der Waals surface area contributed by atoms with Gasteiger partial charge in [-0.2, -0.15) is 5.10 Å². The fourth-order valence-corrected chi connectivity index (χ4v) is 2.29. The standard InChI is InChI=1S/C17H23N3/c1-12(2)15-7-6-8-16(13(3)4)17(15)18-11-14-9-10-20(5)19-14/h6-13H,1-5H3/b18-11+. The van der Waals surface area contributed by atoms with Crippen molar-refractivity contribution in [2.24, 2.45) is 12.0 Å². The molecule has 20 heavy (non-hydrogen) atoms. The van der Waals surface area contributed by atoms with E-state index in [2.05, 4.69) is 51.0 Å². The molecule has 0 bridgehead atoms. The highest BCUT2D eigenvalue weighted by Crippen LogP contribution is 2.34. The predicted molar refractivity (Wildman–Crippen MR) is 85.1 cm³/mol. The third kappa shape index (κ3) is 3.16. The number of hydrogen-bond donors (Lipinski definition) is 0. The van der Waals surface area contributed by atoms with Crippen LogP contribution in [0.4, 0.5) is 5.69 Å². The Balaban J connectivity index is 2.45. The molecule has 0 atom stereocenters. The number of nitrogens with zero attached hydrogens (tertiary/aromatic N) is 3. The molecule has 0 spiro atoms. The number of aromatic nitrogens is 2. The van der Waals surface area contributed by atoms with Gasteiger partial charge in [0, 0.05) is 13.2 Å². The monoisotopic (exact) mass is 269 g/mol. The molecule has 2 rings (SSSR count). The molecule has 0 saturated carbocycles. The molecule has 1 heterocycles. The Morgan fingerprint density at radius 3 is 2.10 bits per heavy atom. The van der Waals surface area contributed by atoms with Gasteiger partial charge in [-0.25, -0.2) is 0 Å². The summed E-state index contributed by atoms with van der Waals surface area (Å²) >= 11 is 0. The summed E-state index contributed by atoms with van der Waals surface area (Å²) in [6, 6.07) is 8.43. The fourth-order valence-electron chi connectivity index (χ4n) is 2.29. The van der Waals surface area contributed by atoms with Crippen LogP contribution in [-0.4, -0.2) is 16.0 Å². The Morgan fingerprint density at radius 2 is 1.65 bits per heavy atom. The minimum absolute atomic E-state index is 0.463. The first-order chi connectivity index (χ1) is 9.49. The van der Waals surface area contributed by atoms with Gasteiger partial charge < -0.3 is 0 Å². The molecule has 2 aromatic rings. The molecular formula is C17H23N3. The zero-order valence-corrected chi connectivity index (χ0v) is 13.0. The molecule has 3 heteroatoms. The average Bonchev–Trinajstić information content (AvgIpc) is 2.81. The lowest BCUT2D eigenvalue weighted by molar-refractivity contribution is 0.765. The lowest BCUT2D eigenvalue weighted by Crippen LogP contribution is -1.96. The number of aliphatic imine (C=N–C) groups is 1. The fraction of sp³-hybridized carbons (Fsp3) is 0.412. The first-order valence-electron chi connectivity index (χ1n) is 7.15. The molecule has 3 nitrogen and oxygen atoms in total. The summed E-state index contributed by atoms with van der Waals surface area (Å²) in [6.07, 6.45) is 3.78. The maximum absolute atomic E-state index is 4.73. The van der Waals surface area contributed by atoms with E-state index >= 15 is 0 Å². The molecular weight excluding hydrogens is 246 g/mol. The Morgan fingerprint density at radius 1 is 1.05 bits per heavy atom. The Bertz CT molecular complexity index is 580. The summed E-state index contributed by atoms with van der Waals surface area (Å²) in [5.41, 5.74) is 4.58. The second-order valence-corrected chi connectivity index (χ2v) is 5.77. The van der Waals surface area contributed by atoms with Gasteiger partial charge in [-0.1, -0.05) is 45.9 Å². The molecule has 0 amide bonds. The smallest absolute Gasteiger partial charge is 0.103 e. The number of benzene rings is 1. The van der Waals surface area contributed by atoms with Crippen LogP contribution in [0, 0.1) is 0 Å². The van der Waals surface area contributed by atoms with Gasteiger partial charge in [0.05, 0.1) is 11.9 Å². The molecule has 0 aliphatic heterocycles. The normalized spacial score (nSPS) is 11.9. The second-order valence-electron chi connectivity index (χ2n) is 5.77. The van der Waals surface area contributed by atoms with E-state index in [1.807, 2.05) is 25.5 Å². The van der Waals surface area contributed by atoms with E-state index in [4.69, 9.17) is 4.99 Å². The maximum Gasteiger partial charge on any atom is 0.103 e. The third-order valence-electron chi connectivity index (χ3n) is 3.40. The highest BCUT2D eigenvalue weighted by atomic mass is 15.2. The SMILES string of the molecule is CC(C)c1cccc(C(C)C)c1/N=C/c1ccn(C)n1. The lowest BCUT2D eigenvalue weighted by Gasteiger charge is -2.16. The molecule has 1 aromatic heterocycles. The molecule has 0 fully saturated rings. The number of rotatable bonds is 4. The van der Waals surface area contributed by atoms with E-state index in [1.165, 1.54) is 11.1 Å². The van der Waals surface area contributed by atoms with Crippen molar-refractivity contribution in [3.05, 3.63) is 47.3 Å². The molecule has 0 aliphatic rings. The minimum atomic E-state index is 0.463. The maximum atomic E-state index is 4.73. The van der Waals surface area contributed by atoms with Crippen molar-refractivity contribution in [2.45, 2.75) is 39.5 Å². The molecule has 0 saturated heterocycles. The second kappa shape index (κ2) is 6.04. The number of hydrogen-bond acceptors (Lipinski definition) is 2. The van der Waals surface area contributed by atoms with Crippen LogP contribution in [0.25, 0.3) is 0 Å². The lowest BCUT2D eigenvalue weighted by atomic mass is 9.93. The number of aryl methyl sites for hydroxylation is 1.